The summed E-state index contributed by atoms with van der Waals surface area (Å²) in [6.07, 6.45) is -1.07. The van der Waals surface area contributed by atoms with E-state index in [1.165, 1.54) is 0 Å². The van der Waals surface area contributed by atoms with Crippen LogP contribution < -0.4 is 4.72 Å². The average molecular weight is 288 g/mol. The van der Waals surface area contributed by atoms with Crippen molar-refractivity contribution in [2.24, 2.45) is 0 Å². The van der Waals surface area contributed by atoms with E-state index in [9.17, 15) is 13.2 Å². The van der Waals surface area contributed by atoms with E-state index in [1.807, 2.05) is 0 Å². The van der Waals surface area contributed by atoms with Crippen LogP contribution in [0.2, 0.25) is 0 Å². The lowest BCUT2D eigenvalue weighted by atomic mass is 10.2. The van der Waals surface area contributed by atoms with E-state index in [0.717, 1.165) is 17.0 Å². The number of aliphatic hydroxyl groups is 1. The summed E-state index contributed by atoms with van der Waals surface area (Å²) in [6, 6.07) is 8.84. The summed E-state index contributed by atoms with van der Waals surface area (Å²) in [4.78, 5) is 11.0. The van der Waals surface area contributed by atoms with E-state index in [4.69, 9.17) is 5.11 Å². The van der Waals surface area contributed by atoms with Crippen LogP contribution in [0, 0.1) is 0 Å². The molecule has 8 heteroatoms. The molecule has 0 aliphatic carbocycles. The van der Waals surface area contributed by atoms with Gasteiger partial charge in [0.05, 0.1) is 13.7 Å². The zero-order valence-electron chi connectivity index (χ0n) is 10.4. The first-order valence-corrected chi connectivity index (χ1v) is 6.94. The number of amides is 1. The third kappa shape index (κ3) is 4.86. The molecule has 0 aliphatic rings. The molecule has 0 radical (unpaired) electrons. The lowest BCUT2D eigenvalue weighted by molar-refractivity contribution is 0.176. The van der Waals surface area contributed by atoms with Crippen molar-refractivity contribution in [3.05, 3.63) is 35.9 Å². The predicted molar refractivity (Wildman–Crippen MR) is 68.4 cm³/mol. The summed E-state index contributed by atoms with van der Waals surface area (Å²) in [6.45, 7) is -0.427. The lowest BCUT2D eigenvalue weighted by Gasteiger charge is -2.21. The molecule has 1 aromatic carbocycles. The summed E-state index contributed by atoms with van der Waals surface area (Å²) in [7, 11) is -2.98. The first-order chi connectivity index (χ1) is 8.99. The second kappa shape index (κ2) is 7.07. The Morgan fingerprint density at radius 1 is 1.37 bits per heavy atom. The second-order valence-corrected chi connectivity index (χ2v) is 5.31. The van der Waals surface area contributed by atoms with Crippen LogP contribution in [0.3, 0.4) is 0 Å². The van der Waals surface area contributed by atoms with Gasteiger partial charge < -0.3 is 9.84 Å². The van der Waals surface area contributed by atoms with Gasteiger partial charge in [-0.05, 0) is 5.56 Å². The number of methoxy groups -OCH3 is 1. The molecule has 0 saturated heterocycles. The molecule has 1 rings (SSSR count). The van der Waals surface area contributed by atoms with Crippen LogP contribution in [0.4, 0.5) is 4.79 Å². The molecule has 1 aromatic rings. The summed E-state index contributed by atoms with van der Waals surface area (Å²) in [5.41, 5.74) is 0.742. The zero-order valence-corrected chi connectivity index (χ0v) is 11.3. The number of carbonyl (C=O) groups is 1. The van der Waals surface area contributed by atoms with Crippen molar-refractivity contribution >= 4 is 16.3 Å². The van der Waals surface area contributed by atoms with Crippen LogP contribution in [0.1, 0.15) is 5.56 Å². The van der Waals surface area contributed by atoms with Crippen LogP contribution in [0.5, 0.6) is 0 Å². The predicted octanol–water partition coefficient (Wildman–Crippen LogP) is 0.0817. The smallest absolute Gasteiger partial charge is 0.421 e. The molecular weight excluding hydrogens is 272 g/mol. The molecule has 0 fully saturated rings. The molecule has 0 saturated carbocycles. The quantitative estimate of drug-likeness (QED) is 0.773. The Kier molecular flexibility index (Phi) is 5.74. The van der Waals surface area contributed by atoms with Gasteiger partial charge >= 0.3 is 16.3 Å². The molecule has 2 N–H and O–H groups in total. The highest BCUT2D eigenvalue weighted by molar-refractivity contribution is 7.87. The highest BCUT2D eigenvalue weighted by Gasteiger charge is 2.24. The molecule has 0 bridgehead atoms. The summed E-state index contributed by atoms with van der Waals surface area (Å²) >= 11 is 0. The van der Waals surface area contributed by atoms with Crippen LogP contribution in [0.15, 0.2) is 30.3 Å². The molecule has 0 spiro atoms. The Bertz CT molecular complexity index is 503. The molecule has 106 valence electrons. The monoisotopic (exact) mass is 288 g/mol. The number of nitrogens with one attached hydrogen (secondary N) is 1. The van der Waals surface area contributed by atoms with Gasteiger partial charge in [-0.2, -0.15) is 12.7 Å². The molecule has 7 nitrogen and oxygen atoms in total. The van der Waals surface area contributed by atoms with E-state index < -0.39 is 16.3 Å². The van der Waals surface area contributed by atoms with Gasteiger partial charge in [0.15, 0.2) is 0 Å². The maximum Gasteiger partial charge on any atom is 0.421 e. The fraction of sp³-hybridized carbons (Fsp3) is 0.364. The molecule has 0 unspecified atom stereocenters. The van der Waals surface area contributed by atoms with Crippen molar-refractivity contribution in [1.29, 1.82) is 0 Å². The lowest BCUT2D eigenvalue weighted by Crippen LogP contribution is -2.44. The van der Waals surface area contributed by atoms with Gasteiger partial charge in [0.2, 0.25) is 0 Å². The van der Waals surface area contributed by atoms with Gasteiger partial charge in [0.1, 0.15) is 0 Å². The van der Waals surface area contributed by atoms with Gasteiger partial charge in [0, 0.05) is 13.1 Å². The number of nitrogens with zero attached hydrogens (tertiary/aromatic N) is 1. The number of carbonyl (C=O) groups excluding carboxylic acids is 1. The third-order valence-electron chi connectivity index (χ3n) is 2.29. The van der Waals surface area contributed by atoms with Crippen LogP contribution >= 0.6 is 0 Å². The molecule has 1 amide bonds. The molecule has 0 aliphatic heterocycles. The van der Waals surface area contributed by atoms with E-state index >= 15 is 0 Å². The van der Waals surface area contributed by atoms with Gasteiger partial charge in [-0.3, -0.25) is 0 Å². The molecule has 19 heavy (non-hydrogen) atoms. The molecular formula is C11H16N2O5S. The van der Waals surface area contributed by atoms with Gasteiger partial charge in [-0.15, -0.1) is 0 Å². The third-order valence-corrected chi connectivity index (χ3v) is 3.70. The normalized spacial score (nSPS) is 11.3. The number of rotatable bonds is 6. The Morgan fingerprint density at radius 2 is 2.00 bits per heavy atom. The topological polar surface area (TPSA) is 95.9 Å². The zero-order chi connectivity index (χ0) is 14.3. The highest BCUT2D eigenvalue weighted by Crippen LogP contribution is 2.07. The number of hydrogen-bond donors (Lipinski definition) is 2. The largest absolute Gasteiger partial charge is 0.452 e. The minimum Gasteiger partial charge on any atom is -0.452 e. The van der Waals surface area contributed by atoms with Gasteiger partial charge in [-0.25, -0.2) is 9.52 Å². The Morgan fingerprint density at radius 3 is 2.53 bits per heavy atom. The fourth-order valence-corrected chi connectivity index (χ4v) is 2.46. The molecule has 0 heterocycles. The van der Waals surface area contributed by atoms with Gasteiger partial charge in [0.25, 0.3) is 0 Å². The van der Waals surface area contributed by atoms with E-state index in [-0.39, 0.29) is 19.7 Å². The Labute approximate surface area is 112 Å². The van der Waals surface area contributed by atoms with Crippen LogP contribution in [-0.4, -0.2) is 44.2 Å². The molecule has 0 atom stereocenters. The van der Waals surface area contributed by atoms with Crippen molar-refractivity contribution in [1.82, 2.24) is 9.03 Å². The minimum absolute atomic E-state index is 0.0493. The van der Waals surface area contributed by atoms with E-state index in [0.29, 0.717) is 0 Å². The second-order valence-electron chi connectivity index (χ2n) is 3.64. The van der Waals surface area contributed by atoms with Crippen LogP contribution in [-0.2, 0) is 21.5 Å². The highest BCUT2D eigenvalue weighted by atomic mass is 32.2. The number of ether oxygens (including phenoxy) is 1. The van der Waals surface area contributed by atoms with Crippen molar-refractivity contribution in [2.45, 2.75) is 6.54 Å². The average Bonchev–Trinajstić information content (AvgIpc) is 2.39. The summed E-state index contributed by atoms with van der Waals surface area (Å²) < 4.78 is 30.7. The Hall–Kier alpha value is -1.64. The maximum atomic E-state index is 11.9. The van der Waals surface area contributed by atoms with E-state index in [1.54, 1.807) is 35.1 Å². The standard InChI is InChI=1S/C11H16N2O5S/c1-18-11(15)12-19(16,17)13(7-8-14)9-10-5-3-2-4-6-10/h2-6,14H,7-9H2,1H3,(H,12,15). The Balaban J connectivity index is 2.85. The van der Waals surface area contributed by atoms with Crippen molar-refractivity contribution in [3.63, 3.8) is 0 Å². The molecule has 0 aromatic heterocycles. The number of hydrogen-bond acceptors (Lipinski definition) is 5. The SMILES string of the molecule is COC(=O)NS(=O)(=O)N(CCO)Cc1ccccc1. The van der Waals surface area contributed by atoms with E-state index in [2.05, 4.69) is 4.74 Å². The first-order valence-electron chi connectivity index (χ1n) is 5.50. The maximum absolute atomic E-state index is 11.9. The summed E-state index contributed by atoms with van der Waals surface area (Å²) in [5.74, 6) is 0. The van der Waals surface area contributed by atoms with Crippen molar-refractivity contribution in [3.8, 4) is 0 Å². The number of benzene rings is 1. The summed E-state index contributed by atoms with van der Waals surface area (Å²) in [5, 5.41) is 8.92. The number of aliphatic hydroxyl groups excluding tert-OH is 1. The van der Waals surface area contributed by atoms with Crippen molar-refractivity contribution < 1.29 is 23.1 Å². The minimum atomic E-state index is -4.05. The van der Waals surface area contributed by atoms with Crippen molar-refractivity contribution in [2.75, 3.05) is 20.3 Å². The first kappa shape index (κ1) is 15.4. The fourth-order valence-electron chi connectivity index (χ4n) is 1.39. The van der Waals surface area contributed by atoms with Gasteiger partial charge in [-0.1, -0.05) is 30.3 Å². The van der Waals surface area contributed by atoms with Crippen LogP contribution in [0.25, 0.3) is 0 Å².